The minimum absolute atomic E-state index is 0.00191. The van der Waals surface area contributed by atoms with Gasteiger partial charge in [-0.05, 0) is 35.1 Å². The number of rotatable bonds is 3. The molecule has 0 aliphatic rings. The molecular weight excluding hydrogens is 258 g/mol. The molecule has 0 bridgehead atoms. The Balaban J connectivity index is 2.32. The third-order valence-electron chi connectivity index (χ3n) is 3.85. The predicted molar refractivity (Wildman–Crippen MR) is 88.5 cm³/mol. The first-order valence-electron chi connectivity index (χ1n) is 7.13. The van der Waals surface area contributed by atoms with Crippen molar-refractivity contribution in [1.82, 2.24) is 0 Å². The summed E-state index contributed by atoms with van der Waals surface area (Å²) in [5.41, 5.74) is 9.67. The van der Waals surface area contributed by atoms with Gasteiger partial charge in [-0.15, -0.1) is 0 Å². The molecule has 0 aliphatic heterocycles. The van der Waals surface area contributed by atoms with Crippen molar-refractivity contribution in [3.63, 3.8) is 0 Å². The molecule has 21 heavy (non-hydrogen) atoms. The third-order valence-corrected chi connectivity index (χ3v) is 3.85. The number of hydrogen-bond donors (Lipinski definition) is 1. The number of nitrogens with two attached hydrogens (primary N) is 1. The molecule has 0 radical (unpaired) electrons. The average molecular weight is 277 g/mol. The van der Waals surface area contributed by atoms with Gasteiger partial charge in [0.25, 0.3) is 0 Å². The molecule has 2 N–H and O–H groups in total. The van der Waals surface area contributed by atoms with Gasteiger partial charge in [0.15, 0.2) is 0 Å². The molecule has 3 rings (SSSR count). The normalized spacial score (nSPS) is 12.3. The van der Waals surface area contributed by atoms with Gasteiger partial charge in [0.1, 0.15) is 5.75 Å². The molecule has 0 saturated carbocycles. The van der Waals surface area contributed by atoms with Crippen molar-refractivity contribution in [2.75, 3.05) is 7.11 Å². The van der Waals surface area contributed by atoms with Gasteiger partial charge in [0, 0.05) is 11.4 Å². The maximum Gasteiger partial charge on any atom is 0.126 e. The first-order valence-corrected chi connectivity index (χ1v) is 7.13. The fourth-order valence-electron chi connectivity index (χ4n) is 2.82. The summed E-state index contributed by atoms with van der Waals surface area (Å²) in [5.74, 6) is 0.896. The van der Waals surface area contributed by atoms with Crippen LogP contribution in [0.1, 0.15) is 18.5 Å². The van der Waals surface area contributed by atoms with E-state index in [1.165, 1.54) is 16.5 Å². The van der Waals surface area contributed by atoms with Gasteiger partial charge in [-0.1, -0.05) is 54.6 Å². The maximum atomic E-state index is 6.13. The van der Waals surface area contributed by atoms with Crippen LogP contribution in [0.5, 0.6) is 5.75 Å². The summed E-state index contributed by atoms with van der Waals surface area (Å²) >= 11 is 0. The smallest absolute Gasteiger partial charge is 0.126 e. The zero-order valence-corrected chi connectivity index (χ0v) is 12.3. The quantitative estimate of drug-likeness (QED) is 0.763. The lowest BCUT2D eigenvalue weighted by Gasteiger charge is -2.16. The SMILES string of the molecule is COc1ccc(-c2ccccc2C(C)N)c2ccccc12. The van der Waals surface area contributed by atoms with Crippen molar-refractivity contribution in [3.05, 3.63) is 66.2 Å². The molecule has 0 aromatic heterocycles. The summed E-state index contributed by atoms with van der Waals surface area (Å²) < 4.78 is 5.47. The van der Waals surface area contributed by atoms with Crippen LogP contribution in [0.25, 0.3) is 21.9 Å². The zero-order valence-electron chi connectivity index (χ0n) is 12.3. The van der Waals surface area contributed by atoms with Crippen molar-refractivity contribution >= 4 is 10.8 Å². The summed E-state index contributed by atoms with van der Waals surface area (Å²) in [4.78, 5) is 0. The van der Waals surface area contributed by atoms with Crippen molar-refractivity contribution in [3.8, 4) is 16.9 Å². The minimum atomic E-state index is 0.00191. The van der Waals surface area contributed by atoms with E-state index in [9.17, 15) is 0 Å². The lowest BCUT2D eigenvalue weighted by atomic mass is 9.92. The van der Waals surface area contributed by atoms with Crippen LogP contribution >= 0.6 is 0 Å². The minimum Gasteiger partial charge on any atom is -0.496 e. The molecule has 0 heterocycles. The Kier molecular flexibility index (Phi) is 3.63. The third kappa shape index (κ3) is 2.39. The van der Waals surface area contributed by atoms with Crippen molar-refractivity contribution in [1.29, 1.82) is 0 Å². The van der Waals surface area contributed by atoms with E-state index in [1.807, 2.05) is 25.1 Å². The monoisotopic (exact) mass is 277 g/mol. The molecular formula is C19H19NO. The van der Waals surface area contributed by atoms with E-state index >= 15 is 0 Å². The number of hydrogen-bond acceptors (Lipinski definition) is 2. The molecule has 3 aromatic rings. The summed E-state index contributed by atoms with van der Waals surface area (Å²) in [6, 6.07) is 20.8. The molecule has 0 fully saturated rings. The van der Waals surface area contributed by atoms with Crippen molar-refractivity contribution in [2.45, 2.75) is 13.0 Å². The van der Waals surface area contributed by atoms with Gasteiger partial charge in [-0.3, -0.25) is 0 Å². The van der Waals surface area contributed by atoms with Crippen LogP contribution in [0.3, 0.4) is 0 Å². The Morgan fingerprint density at radius 2 is 1.48 bits per heavy atom. The lowest BCUT2D eigenvalue weighted by Crippen LogP contribution is -2.06. The highest BCUT2D eigenvalue weighted by Crippen LogP contribution is 2.36. The zero-order chi connectivity index (χ0) is 14.8. The van der Waals surface area contributed by atoms with Crippen LogP contribution < -0.4 is 10.5 Å². The van der Waals surface area contributed by atoms with Crippen LogP contribution in [-0.4, -0.2) is 7.11 Å². The van der Waals surface area contributed by atoms with E-state index in [0.29, 0.717) is 0 Å². The lowest BCUT2D eigenvalue weighted by molar-refractivity contribution is 0.420. The first-order chi connectivity index (χ1) is 10.2. The molecule has 0 amide bonds. The number of methoxy groups -OCH3 is 1. The highest BCUT2D eigenvalue weighted by Gasteiger charge is 2.12. The molecule has 0 aliphatic carbocycles. The molecule has 1 atom stereocenters. The Morgan fingerprint density at radius 3 is 2.19 bits per heavy atom. The standard InChI is InChI=1S/C19H19NO/c1-13(20)14-7-3-4-8-15(14)17-11-12-19(21-2)18-10-6-5-9-16(17)18/h3-13H,20H2,1-2H3. The topological polar surface area (TPSA) is 35.2 Å². The largest absolute Gasteiger partial charge is 0.496 e. The van der Waals surface area contributed by atoms with Gasteiger partial charge in [-0.2, -0.15) is 0 Å². The fraction of sp³-hybridized carbons (Fsp3) is 0.158. The summed E-state index contributed by atoms with van der Waals surface area (Å²) in [5, 5.41) is 2.31. The molecule has 2 nitrogen and oxygen atoms in total. The van der Waals surface area contributed by atoms with Crippen LogP contribution in [0.15, 0.2) is 60.7 Å². The van der Waals surface area contributed by atoms with E-state index in [2.05, 4.69) is 42.5 Å². The number of fused-ring (bicyclic) bond motifs is 1. The summed E-state index contributed by atoms with van der Waals surface area (Å²) in [6.07, 6.45) is 0. The fourth-order valence-corrected chi connectivity index (χ4v) is 2.82. The number of benzene rings is 3. The summed E-state index contributed by atoms with van der Waals surface area (Å²) in [7, 11) is 1.71. The van der Waals surface area contributed by atoms with Crippen molar-refractivity contribution in [2.24, 2.45) is 5.73 Å². The van der Waals surface area contributed by atoms with Gasteiger partial charge in [0.2, 0.25) is 0 Å². The maximum absolute atomic E-state index is 6.13. The first kappa shape index (κ1) is 13.7. The van der Waals surface area contributed by atoms with Crippen molar-refractivity contribution < 1.29 is 4.74 Å². The molecule has 0 spiro atoms. The van der Waals surface area contributed by atoms with Crippen LogP contribution in [0, 0.1) is 0 Å². The Labute approximate surface area is 125 Å². The Morgan fingerprint density at radius 1 is 0.810 bits per heavy atom. The van der Waals surface area contributed by atoms with Crippen LogP contribution in [-0.2, 0) is 0 Å². The highest BCUT2D eigenvalue weighted by atomic mass is 16.5. The van der Waals surface area contributed by atoms with Gasteiger partial charge in [0.05, 0.1) is 7.11 Å². The molecule has 2 heteroatoms. The van der Waals surface area contributed by atoms with Gasteiger partial charge in [-0.25, -0.2) is 0 Å². The van der Waals surface area contributed by atoms with E-state index < -0.39 is 0 Å². The second-order valence-corrected chi connectivity index (χ2v) is 5.24. The molecule has 0 saturated heterocycles. The van der Waals surface area contributed by atoms with Gasteiger partial charge >= 0.3 is 0 Å². The van der Waals surface area contributed by atoms with E-state index in [1.54, 1.807) is 7.11 Å². The molecule has 1 unspecified atom stereocenters. The second-order valence-electron chi connectivity index (χ2n) is 5.24. The molecule has 106 valence electrons. The highest BCUT2D eigenvalue weighted by molar-refractivity contribution is 6.00. The average Bonchev–Trinajstić information content (AvgIpc) is 2.53. The van der Waals surface area contributed by atoms with E-state index in [0.717, 1.165) is 16.7 Å². The van der Waals surface area contributed by atoms with Crippen LogP contribution in [0.4, 0.5) is 0 Å². The predicted octanol–water partition coefficient (Wildman–Crippen LogP) is 4.54. The Bertz CT molecular complexity index is 777. The summed E-state index contributed by atoms with van der Waals surface area (Å²) in [6.45, 7) is 2.02. The van der Waals surface area contributed by atoms with Gasteiger partial charge < -0.3 is 10.5 Å². The Hall–Kier alpha value is -2.32. The number of ether oxygens (including phenoxy) is 1. The second kappa shape index (κ2) is 5.58. The van der Waals surface area contributed by atoms with E-state index in [-0.39, 0.29) is 6.04 Å². The van der Waals surface area contributed by atoms with Crippen LogP contribution in [0.2, 0.25) is 0 Å². The molecule has 3 aromatic carbocycles. The van der Waals surface area contributed by atoms with E-state index in [4.69, 9.17) is 10.5 Å².